The predicted octanol–water partition coefficient (Wildman–Crippen LogP) is 3.45. The van der Waals surface area contributed by atoms with Crippen LogP contribution in [0.3, 0.4) is 0 Å². The molecular weight excluding hydrogens is 288 g/mol. The molecule has 114 valence electrons. The number of hydrogen-bond acceptors (Lipinski definition) is 3. The summed E-state index contributed by atoms with van der Waals surface area (Å²) in [6.45, 7) is 0. The van der Waals surface area contributed by atoms with Crippen LogP contribution in [0.2, 0.25) is 0 Å². The van der Waals surface area contributed by atoms with Gasteiger partial charge in [0.15, 0.2) is 11.9 Å². The molecule has 0 aliphatic carbocycles. The molecule has 0 spiro atoms. The highest BCUT2D eigenvalue weighted by Crippen LogP contribution is 2.28. The number of imidazole rings is 1. The highest BCUT2D eigenvalue weighted by molar-refractivity contribution is 5.97. The smallest absolute Gasteiger partial charge is 0.238 e. The van der Waals surface area contributed by atoms with Crippen LogP contribution < -0.4 is 4.74 Å². The molecule has 2 heterocycles. The van der Waals surface area contributed by atoms with Crippen LogP contribution in [-0.2, 0) is 6.42 Å². The van der Waals surface area contributed by atoms with E-state index in [0.29, 0.717) is 12.2 Å². The number of fused-ring (bicyclic) bond motifs is 1. The third-order valence-corrected chi connectivity index (χ3v) is 4.11. The maximum Gasteiger partial charge on any atom is 0.238 e. The Bertz CT molecular complexity index is 839. The summed E-state index contributed by atoms with van der Waals surface area (Å²) in [6.07, 6.45) is 4.50. The van der Waals surface area contributed by atoms with Crippen molar-refractivity contribution in [3.8, 4) is 11.4 Å². The Labute approximate surface area is 134 Å². The van der Waals surface area contributed by atoms with E-state index in [-0.39, 0.29) is 5.78 Å². The zero-order chi connectivity index (χ0) is 15.6. The first kappa shape index (κ1) is 13.8. The predicted molar refractivity (Wildman–Crippen MR) is 87.1 cm³/mol. The Morgan fingerprint density at radius 2 is 1.87 bits per heavy atom. The minimum absolute atomic E-state index is 0.0756. The molecule has 4 rings (SSSR count). The molecule has 0 saturated heterocycles. The Hall–Kier alpha value is -2.88. The molecule has 0 unspecified atom stereocenters. The maximum absolute atomic E-state index is 12.9. The Balaban J connectivity index is 1.63. The normalized spacial score (nSPS) is 16.4. The number of para-hydroxylation sites is 2. The van der Waals surface area contributed by atoms with Gasteiger partial charge in [-0.05, 0) is 36.6 Å². The van der Waals surface area contributed by atoms with Crippen molar-refractivity contribution in [2.45, 2.75) is 18.9 Å². The summed E-state index contributed by atoms with van der Waals surface area (Å²) in [6, 6.07) is 17.6. The van der Waals surface area contributed by atoms with Gasteiger partial charge in [-0.3, -0.25) is 9.36 Å². The van der Waals surface area contributed by atoms with Gasteiger partial charge in [-0.2, -0.15) is 0 Å². The van der Waals surface area contributed by atoms with Gasteiger partial charge in [0.2, 0.25) is 5.78 Å². The van der Waals surface area contributed by atoms with Crippen LogP contribution in [-0.4, -0.2) is 21.4 Å². The molecule has 3 aromatic rings. The minimum atomic E-state index is -0.477. The van der Waals surface area contributed by atoms with E-state index < -0.39 is 6.10 Å². The van der Waals surface area contributed by atoms with E-state index in [1.165, 1.54) is 0 Å². The van der Waals surface area contributed by atoms with E-state index in [4.69, 9.17) is 4.74 Å². The number of aromatic nitrogens is 2. The Morgan fingerprint density at radius 3 is 2.74 bits per heavy atom. The van der Waals surface area contributed by atoms with Gasteiger partial charge >= 0.3 is 0 Å². The molecule has 23 heavy (non-hydrogen) atoms. The number of nitrogens with zero attached hydrogens (tertiary/aromatic N) is 2. The van der Waals surface area contributed by atoms with Gasteiger partial charge in [-0.25, -0.2) is 4.98 Å². The average Bonchev–Trinajstić information content (AvgIpc) is 3.11. The second-order valence-electron chi connectivity index (χ2n) is 5.57. The molecule has 1 aliphatic heterocycles. The monoisotopic (exact) mass is 304 g/mol. The fourth-order valence-corrected chi connectivity index (χ4v) is 2.94. The van der Waals surface area contributed by atoms with Gasteiger partial charge in [0.1, 0.15) is 5.75 Å². The Morgan fingerprint density at radius 1 is 1.09 bits per heavy atom. The van der Waals surface area contributed by atoms with Crippen LogP contribution in [0, 0.1) is 0 Å². The first-order valence-electron chi connectivity index (χ1n) is 7.70. The van der Waals surface area contributed by atoms with E-state index in [2.05, 4.69) is 4.98 Å². The summed E-state index contributed by atoms with van der Waals surface area (Å²) in [5, 5.41) is 0. The topological polar surface area (TPSA) is 44.1 Å². The van der Waals surface area contributed by atoms with Gasteiger partial charge < -0.3 is 4.74 Å². The highest BCUT2D eigenvalue weighted by atomic mass is 16.5. The van der Waals surface area contributed by atoms with Crippen LogP contribution in [0.1, 0.15) is 22.6 Å². The summed E-state index contributed by atoms with van der Waals surface area (Å²) in [5.74, 6) is 1.14. The number of ketones is 1. The lowest BCUT2D eigenvalue weighted by Gasteiger charge is -2.24. The third-order valence-electron chi connectivity index (χ3n) is 4.11. The molecule has 0 bridgehead atoms. The van der Waals surface area contributed by atoms with Crippen molar-refractivity contribution < 1.29 is 9.53 Å². The average molecular weight is 304 g/mol. The minimum Gasteiger partial charge on any atom is -0.482 e. The number of carbonyl (C=O) groups is 1. The van der Waals surface area contributed by atoms with Crippen molar-refractivity contribution in [2.75, 3.05) is 0 Å². The largest absolute Gasteiger partial charge is 0.482 e. The molecule has 1 atom stereocenters. The van der Waals surface area contributed by atoms with Crippen LogP contribution in [0.15, 0.2) is 67.0 Å². The van der Waals surface area contributed by atoms with Crippen LogP contribution >= 0.6 is 0 Å². The lowest BCUT2D eigenvalue weighted by molar-refractivity contribution is 0.0743. The van der Waals surface area contributed by atoms with E-state index >= 15 is 0 Å². The molecule has 1 aliphatic rings. The zero-order valence-corrected chi connectivity index (χ0v) is 12.6. The lowest BCUT2D eigenvalue weighted by Crippen LogP contribution is -2.33. The zero-order valence-electron chi connectivity index (χ0n) is 12.6. The van der Waals surface area contributed by atoms with Crippen LogP contribution in [0.5, 0.6) is 5.75 Å². The standard InChI is InChI=1S/C19H16N2O2/c22-18(17-11-10-14-6-4-5-9-16(14)23-17)19-20-12-13-21(19)15-7-2-1-3-8-15/h1-9,12-13,17H,10-11H2/t17-/m1/s1. The second-order valence-corrected chi connectivity index (χ2v) is 5.57. The van der Waals surface area contributed by atoms with Crippen molar-refractivity contribution in [1.29, 1.82) is 0 Å². The molecule has 0 fully saturated rings. The molecule has 0 amide bonds. The molecule has 4 heteroatoms. The number of carbonyl (C=O) groups excluding carboxylic acids is 1. The van der Waals surface area contributed by atoms with E-state index in [9.17, 15) is 4.79 Å². The van der Waals surface area contributed by atoms with Crippen LogP contribution in [0.25, 0.3) is 5.69 Å². The first-order chi connectivity index (χ1) is 11.3. The van der Waals surface area contributed by atoms with Gasteiger partial charge in [-0.1, -0.05) is 36.4 Å². The number of Topliss-reactive ketones (excluding diaryl/α,β-unsaturated/α-hetero) is 1. The van der Waals surface area contributed by atoms with Gasteiger partial charge in [-0.15, -0.1) is 0 Å². The maximum atomic E-state index is 12.9. The van der Waals surface area contributed by atoms with Crippen molar-refractivity contribution in [1.82, 2.24) is 9.55 Å². The molecule has 2 aromatic carbocycles. The lowest BCUT2D eigenvalue weighted by atomic mass is 9.99. The number of ether oxygens (including phenoxy) is 1. The van der Waals surface area contributed by atoms with Gasteiger partial charge in [0.05, 0.1) is 0 Å². The summed E-state index contributed by atoms with van der Waals surface area (Å²) in [7, 11) is 0. The number of rotatable bonds is 3. The summed E-state index contributed by atoms with van der Waals surface area (Å²) < 4.78 is 7.72. The quantitative estimate of drug-likeness (QED) is 0.696. The van der Waals surface area contributed by atoms with Gasteiger partial charge in [0, 0.05) is 18.1 Å². The van der Waals surface area contributed by atoms with E-state index in [0.717, 1.165) is 23.4 Å². The number of aryl methyl sites for hydroxylation is 1. The fraction of sp³-hybridized carbons (Fsp3) is 0.158. The van der Waals surface area contributed by atoms with E-state index in [1.807, 2.05) is 59.2 Å². The van der Waals surface area contributed by atoms with Crippen molar-refractivity contribution in [3.05, 3.63) is 78.4 Å². The second kappa shape index (κ2) is 5.72. The first-order valence-corrected chi connectivity index (χ1v) is 7.70. The molecule has 1 aromatic heterocycles. The van der Waals surface area contributed by atoms with Gasteiger partial charge in [0.25, 0.3) is 0 Å². The molecule has 0 N–H and O–H groups in total. The summed E-state index contributed by atoms with van der Waals surface area (Å²) in [4.78, 5) is 17.1. The SMILES string of the molecule is O=C(c1nccn1-c1ccccc1)[C@H]1CCc2ccccc2O1. The fourth-order valence-electron chi connectivity index (χ4n) is 2.94. The summed E-state index contributed by atoms with van der Waals surface area (Å²) >= 11 is 0. The highest BCUT2D eigenvalue weighted by Gasteiger charge is 2.29. The summed E-state index contributed by atoms with van der Waals surface area (Å²) in [5.41, 5.74) is 2.08. The number of benzene rings is 2. The van der Waals surface area contributed by atoms with Crippen LogP contribution in [0.4, 0.5) is 0 Å². The van der Waals surface area contributed by atoms with E-state index in [1.54, 1.807) is 12.4 Å². The molecule has 4 nitrogen and oxygen atoms in total. The molecule has 0 radical (unpaired) electrons. The molecular formula is C19H16N2O2. The van der Waals surface area contributed by atoms with Crippen molar-refractivity contribution in [2.24, 2.45) is 0 Å². The Kier molecular flexibility index (Phi) is 3.42. The molecule has 0 saturated carbocycles. The van der Waals surface area contributed by atoms with Crippen molar-refractivity contribution in [3.63, 3.8) is 0 Å². The number of hydrogen-bond donors (Lipinski definition) is 0. The van der Waals surface area contributed by atoms with Crippen molar-refractivity contribution >= 4 is 5.78 Å². The third kappa shape index (κ3) is 2.52.